The van der Waals surface area contributed by atoms with Crippen LogP contribution < -0.4 is 10.6 Å². The summed E-state index contributed by atoms with van der Waals surface area (Å²) in [6.45, 7) is 0. The van der Waals surface area contributed by atoms with Crippen LogP contribution in [0.5, 0.6) is 0 Å². The SMILES string of the molecule is O=C(CC(O)CC(=O)Nc1cccc(-c2ccn[nH]2)c1)Nc1cccc(-c2ccn[nH]2)c1. The third-order valence-electron chi connectivity index (χ3n) is 4.76. The van der Waals surface area contributed by atoms with E-state index in [0.29, 0.717) is 11.4 Å². The second-order valence-electron chi connectivity index (χ2n) is 7.26. The second kappa shape index (κ2) is 9.71. The van der Waals surface area contributed by atoms with Crippen molar-refractivity contribution in [3.63, 3.8) is 0 Å². The molecule has 0 unspecified atom stereocenters. The lowest BCUT2D eigenvalue weighted by atomic mass is 10.1. The summed E-state index contributed by atoms with van der Waals surface area (Å²) >= 11 is 0. The molecule has 0 fully saturated rings. The van der Waals surface area contributed by atoms with E-state index in [-0.39, 0.29) is 24.7 Å². The number of aromatic amines is 2. The standard InChI is InChI=1S/C23H22N6O3/c30-19(13-22(31)26-17-5-1-3-15(11-17)20-7-9-24-28-20)14-23(32)27-18-6-2-4-16(12-18)21-8-10-25-29-21/h1-12,19,30H,13-14H2,(H,24,28)(H,25,29)(H,26,31)(H,27,32). The van der Waals surface area contributed by atoms with Crippen molar-refractivity contribution in [3.05, 3.63) is 73.1 Å². The van der Waals surface area contributed by atoms with Crippen molar-refractivity contribution in [2.75, 3.05) is 10.6 Å². The number of nitrogens with one attached hydrogen (secondary N) is 4. The van der Waals surface area contributed by atoms with Crippen molar-refractivity contribution in [3.8, 4) is 22.5 Å². The molecule has 0 aliphatic rings. The predicted molar refractivity (Wildman–Crippen MR) is 121 cm³/mol. The molecule has 0 spiro atoms. The van der Waals surface area contributed by atoms with Gasteiger partial charge in [-0.15, -0.1) is 0 Å². The zero-order chi connectivity index (χ0) is 22.3. The fourth-order valence-corrected chi connectivity index (χ4v) is 3.29. The molecule has 2 heterocycles. The number of amides is 2. The maximum Gasteiger partial charge on any atom is 0.226 e. The minimum atomic E-state index is -1.11. The Morgan fingerprint density at radius 1 is 0.781 bits per heavy atom. The van der Waals surface area contributed by atoms with Crippen LogP contribution in [0, 0.1) is 0 Å². The predicted octanol–water partition coefficient (Wildman–Crippen LogP) is 3.19. The van der Waals surface area contributed by atoms with E-state index in [9.17, 15) is 14.7 Å². The van der Waals surface area contributed by atoms with Crippen LogP contribution >= 0.6 is 0 Å². The quantitative estimate of drug-likeness (QED) is 0.292. The number of anilines is 2. The summed E-state index contributed by atoms with van der Waals surface area (Å²) in [6.07, 6.45) is 1.79. The second-order valence-corrected chi connectivity index (χ2v) is 7.26. The van der Waals surface area contributed by atoms with Gasteiger partial charge in [0.2, 0.25) is 11.8 Å². The van der Waals surface area contributed by atoms with E-state index >= 15 is 0 Å². The zero-order valence-corrected chi connectivity index (χ0v) is 17.1. The highest BCUT2D eigenvalue weighted by molar-refractivity contribution is 5.94. The molecule has 2 amide bonds. The number of carbonyl (C=O) groups is 2. The topological polar surface area (TPSA) is 136 Å². The van der Waals surface area contributed by atoms with Gasteiger partial charge in [-0.3, -0.25) is 19.8 Å². The van der Waals surface area contributed by atoms with Crippen molar-refractivity contribution in [2.24, 2.45) is 0 Å². The van der Waals surface area contributed by atoms with Crippen LogP contribution in [-0.2, 0) is 9.59 Å². The number of aromatic nitrogens is 4. The Bertz CT molecular complexity index is 1090. The Kier molecular flexibility index (Phi) is 6.38. The molecule has 0 atom stereocenters. The number of hydrogen-bond donors (Lipinski definition) is 5. The normalized spacial score (nSPS) is 10.8. The van der Waals surface area contributed by atoms with Gasteiger partial charge in [0.25, 0.3) is 0 Å². The van der Waals surface area contributed by atoms with E-state index in [2.05, 4.69) is 31.0 Å². The first kappa shape index (κ1) is 21.0. The number of carbonyl (C=O) groups excluding carboxylic acids is 2. The van der Waals surface area contributed by atoms with Crippen LogP contribution in [0.15, 0.2) is 73.1 Å². The lowest BCUT2D eigenvalue weighted by Crippen LogP contribution is -2.25. The van der Waals surface area contributed by atoms with Crippen molar-refractivity contribution in [2.45, 2.75) is 18.9 Å². The molecule has 0 aliphatic carbocycles. The first-order valence-corrected chi connectivity index (χ1v) is 10.0. The van der Waals surface area contributed by atoms with E-state index in [4.69, 9.17) is 0 Å². The summed E-state index contributed by atoms with van der Waals surface area (Å²) in [5.74, 6) is -0.762. The van der Waals surface area contributed by atoms with Crippen LogP contribution in [0.1, 0.15) is 12.8 Å². The van der Waals surface area contributed by atoms with E-state index in [0.717, 1.165) is 22.5 Å². The molecule has 4 rings (SSSR count). The summed E-state index contributed by atoms with van der Waals surface area (Å²) in [5, 5.41) is 29.3. The van der Waals surface area contributed by atoms with E-state index in [1.165, 1.54) is 0 Å². The molecule has 2 aromatic carbocycles. The number of aliphatic hydroxyl groups is 1. The molecule has 4 aromatic rings. The van der Waals surface area contributed by atoms with Crippen molar-refractivity contribution < 1.29 is 14.7 Å². The van der Waals surface area contributed by atoms with Gasteiger partial charge in [-0.05, 0) is 36.4 Å². The van der Waals surface area contributed by atoms with E-state index < -0.39 is 6.10 Å². The fraction of sp³-hybridized carbons (Fsp3) is 0.130. The van der Waals surface area contributed by atoms with Gasteiger partial charge in [0, 0.05) is 34.9 Å². The highest BCUT2D eigenvalue weighted by Gasteiger charge is 2.16. The summed E-state index contributed by atoms with van der Waals surface area (Å²) < 4.78 is 0. The van der Waals surface area contributed by atoms with Crippen molar-refractivity contribution in [1.29, 1.82) is 0 Å². The number of hydrogen-bond acceptors (Lipinski definition) is 5. The maximum atomic E-state index is 12.3. The van der Waals surface area contributed by atoms with E-state index in [1.807, 2.05) is 36.4 Å². The third-order valence-corrected chi connectivity index (χ3v) is 4.76. The highest BCUT2D eigenvalue weighted by Crippen LogP contribution is 2.22. The molecule has 0 saturated carbocycles. The Morgan fingerprint density at radius 3 is 1.66 bits per heavy atom. The molecule has 0 aliphatic heterocycles. The van der Waals surface area contributed by atoms with Gasteiger partial charge in [0.1, 0.15) is 0 Å². The first-order valence-electron chi connectivity index (χ1n) is 10.0. The number of nitrogens with zero attached hydrogens (tertiary/aromatic N) is 2. The molecule has 9 nitrogen and oxygen atoms in total. The Morgan fingerprint density at radius 2 is 1.25 bits per heavy atom. The summed E-state index contributed by atoms with van der Waals surface area (Å²) in [4.78, 5) is 24.6. The lowest BCUT2D eigenvalue weighted by Gasteiger charge is -2.12. The monoisotopic (exact) mass is 430 g/mol. The first-order chi connectivity index (χ1) is 15.6. The number of aliphatic hydroxyl groups excluding tert-OH is 1. The van der Waals surface area contributed by atoms with Crippen LogP contribution in [-0.4, -0.2) is 43.4 Å². The highest BCUT2D eigenvalue weighted by atomic mass is 16.3. The molecule has 2 aromatic heterocycles. The van der Waals surface area contributed by atoms with Crippen LogP contribution in [0.25, 0.3) is 22.5 Å². The minimum Gasteiger partial charge on any atom is -0.392 e. The molecule has 9 heteroatoms. The molecule has 0 saturated heterocycles. The number of benzene rings is 2. The van der Waals surface area contributed by atoms with Crippen LogP contribution in [0.2, 0.25) is 0 Å². The van der Waals surface area contributed by atoms with Crippen molar-refractivity contribution in [1.82, 2.24) is 20.4 Å². The molecule has 5 N–H and O–H groups in total. The van der Waals surface area contributed by atoms with Crippen LogP contribution in [0.3, 0.4) is 0 Å². The summed E-state index contributed by atoms with van der Waals surface area (Å²) in [5.41, 5.74) is 4.59. The zero-order valence-electron chi connectivity index (χ0n) is 17.1. The van der Waals surface area contributed by atoms with Gasteiger partial charge in [-0.1, -0.05) is 24.3 Å². The fourth-order valence-electron chi connectivity index (χ4n) is 3.29. The van der Waals surface area contributed by atoms with Gasteiger partial charge in [-0.2, -0.15) is 10.2 Å². The average Bonchev–Trinajstić information content (AvgIpc) is 3.48. The molecular weight excluding hydrogens is 408 g/mol. The Labute approximate surface area is 183 Å². The van der Waals surface area contributed by atoms with Gasteiger partial charge < -0.3 is 15.7 Å². The maximum absolute atomic E-state index is 12.3. The molecule has 32 heavy (non-hydrogen) atoms. The van der Waals surface area contributed by atoms with Gasteiger partial charge >= 0.3 is 0 Å². The van der Waals surface area contributed by atoms with Crippen LogP contribution in [0.4, 0.5) is 11.4 Å². The number of H-pyrrole nitrogens is 2. The van der Waals surface area contributed by atoms with Crippen molar-refractivity contribution >= 4 is 23.2 Å². The van der Waals surface area contributed by atoms with Gasteiger partial charge in [0.15, 0.2) is 0 Å². The summed E-state index contributed by atoms with van der Waals surface area (Å²) in [6, 6.07) is 18.2. The average molecular weight is 430 g/mol. The summed E-state index contributed by atoms with van der Waals surface area (Å²) in [7, 11) is 0. The largest absolute Gasteiger partial charge is 0.392 e. The number of rotatable bonds is 8. The molecule has 0 bridgehead atoms. The van der Waals surface area contributed by atoms with Gasteiger partial charge in [0.05, 0.1) is 30.3 Å². The minimum absolute atomic E-state index is 0.199. The third kappa shape index (κ3) is 5.46. The molecule has 162 valence electrons. The molecular formula is C23H22N6O3. The lowest BCUT2D eigenvalue weighted by molar-refractivity contribution is -0.120. The van der Waals surface area contributed by atoms with E-state index in [1.54, 1.807) is 36.7 Å². The molecule has 0 radical (unpaired) electrons. The Hall–Kier alpha value is -4.24. The van der Waals surface area contributed by atoms with Gasteiger partial charge in [-0.25, -0.2) is 0 Å². The Balaban J connectivity index is 1.28. The smallest absolute Gasteiger partial charge is 0.226 e.